The highest BCUT2D eigenvalue weighted by molar-refractivity contribution is 8.07. The summed E-state index contributed by atoms with van der Waals surface area (Å²) in [6, 6.07) is 0.487. The molecule has 1 aromatic rings. The fraction of sp³-hybridized carbons (Fsp3) is 0.821. The van der Waals surface area contributed by atoms with Gasteiger partial charge in [0.1, 0.15) is 49.0 Å². The first kappa shape index (κ1) is 44.3. The molecule has 24 nitrogen and oxygen atoms in total. The number of nitrogens with two attached hydrogens (primary N) is 4. The van der Waals surface area contributed by atoms with Crippen LogP contribution in [0.25, 0.3) is 0 Å². The number of aromatic nitrogens is 2. The van der Waals surface area contributed by atoms with Crippen LogP contribution in [0.15, 0.2) is 17.1 Å². The number of ether oxygens (including phenoxy) is 3. The number of rotatable bonds is 15. The smallest absolute Gasteiger partial charge is 0.351 e. The minimum atomic E-state index is -4.07. The van der Waals surface area contributed by atoms with E-state index in [-0.39, 0.29) is 31.2 Å². The average Bonchev–Trinajstić information content (AvgIpc) is 3.80. The number of amides is 1. The van der Waals surface area contributed by atoms with Gasteiger partial charge in [0.05, 0.1) is 50.5 Å². The van der Waals surface area contributed by atoms with Crippen LogP contribution in [0.5, 0.6) is 0 Å². The topological polar surface area (TPSA) is 353 Å². The van der Waals surface area contributed by atoms with E-state index in [2.05, 4.69) is 26.3 Å². The number of hydrogen-bond acceptors (Lipinski definition) is 22. The van der Waals surface area contributed by atoms with Crippen molar-refractivity contribution >= 4 is 48.8 Å². The third-order valence-electron chi connectivity index (χ3n) is 10.0. The maximum atomic E-state index is 12.4. The van der Waals surface area contributed by atoms with Crippen LogP contribution in [0.1, 0.15) is 38.8 Å². The summed E-state index contributed by atoms with van der Waals surface area (Å²) in [5, 5.41) is 31.9. The van der Waals surface area contributed by atoms with Crippen LogP contribution in [0, 0.1) is 5.92 Å². The lowest BCUT2D eigenvalue weighted by molar-refractivity contribution is -0.159. The molecular formula is C28H51N11O13P2S2. The summed E-state index contributed by atoms with van der Waals surface area (Å²) >= 11 is 10.7. The first-order valence-corrected chi connectivity index (χ1v) is 23.1. The van der Waals surface area contributed by atoms with Crippen LogP contribution in [0.3, 0.4) is 0 Å². The second-order valence-electron chi connectivity index (χ2n) is 14.1. The maximum absolute atomic E-state index is 12.4. The molecule has 5 saturated heterocycles. The zero-order chi connectivity index (χ0) is 40.5. The summed E-state index contributed by atoms with van der Waals surface area (Å²) in [6.07, 6.45) is -7.24. The molecule has 6 heterocycles. The summed E-state index contributed by atoms with van der Waals surface area (Å²) in [5.41, 5.74) is 22.8. The fourth-order valence-electron chi connectivity index (χ4n) is 7.06. The van der Waals surface area contributed by atoms with Crippen molar-refractivity contribution in [2.45, 2.75) is 113 Å². The molecule has 0 saturated carbocycles. The van der Waals surface area contributed by atoms with E-state index in [1.807, 2.05) is 6.92 Å². The number of anilines is 1. The molecule has 0 aromatic carbocycles. The first-order valence-electron chi connectivity index (χ1n) is 17.9. The Hall–Kier alpha value is -1.27. The van der Waals surface area contributed by atoms with Gasteiger partial charge in [-0.25, -0.2) is 9.69 Å². The highest BCUT2D eigenvalue weighted by atomic mass is 32.5. The highest BCUT2D eigenvalue weighted by Gasteiger charge is 2.47. The monoisotopic (exact) mass is 875 g/mol. The van der Waals surface area contributed by atoms with E-state index in [9.17, 15) is 29.6 Å². The van der Waals surface area contributed by atoms with Gasteiger partial charge in [-0.15, -0.1) is 0 Å². The van der Waals surface area contributed by atoms with Crippen LogP contribution in [-0.2, 0) is 60.7 Å². The van der Waals surface area contributed by atoms with Crippen LogP contribution < -0.4 is 49.9 Å². The van der Waals surface area contributed by atoms with E-state index in [4.69, 9.17) is 78.9 Å². The summed E-state index contributed by atoms with van der Waals surface area (Å²) in [5.74, 6) is -0.495. The normalized spacial score (nSPS) is 40.3. The minimum Gasteiger partial charge on any atom is -0.394 e. The van der Waals surface area contributed by atoms with E-state index in [1.165, 1.54) is 16.8 Å². The number of carbonyl (C=O) groups is 1. The lowest BCUT2D eigenvalue weighted by Crippen LogP contribution is -2.74. The predicted octanol–water partition coefficient (Wildman–Crippen LogP) is -4.73. The van der Waals surface area contributed by atoms with Gasteiger partial charge in [-0.3, -0.25) is 31.0 Å². The van der Waals surface area contributed by atoms with Gasteiger partial charge in [-0.2, -0.15) is 4.98 Å². The number of nitrogens with zero attached hydrogens (tertiary/aromatic N) is 3. The Morgan fingerprint density at radius 2 is 1.64 bits per heavy atom. The largest absolute Gasteiger partial charge is 0.394 e. The lowest BCUT2D eigenvalue weighted by atomic mass is 10.0. The molecule has 0 spiro atoms. The molecule has 0 radical (unpaired) electrons. The summed E-state index contributed by atoms with van der Waals surface area (Å²) in [4.78, 5) is 52.2. The molecule has 56 heavy (non-hydrogen) atoms. The number of aliphatic hydroxyl groups is 2. The molecule has 318 valence electrons. The summed E-state index contributed by atoms with van der Waals surface area (Å²) in [7, 11) is 0. The van der Waals surface area contributed by atoms with E-state index in [1.54, 1.807) is 4.90 Å². The summed E-state index contributed by atoms with van der Waals surface area (Å²) in [6.45, 7) is -6.87. The highest BCUT2D eigenvalue weighted by Crippen LogP contribution is 2.51. The Bertz CT molecular complexity index is 1700. The zero-order valence-electron chi connectivity index (χ0n) is 30.2. The van der Waals surface area contributed by atoms with Crippen molar-refractivity contribution in [3.8, 4) is 0 Å². The van der Waals surface area contributed by atoms with E-state index < -0.39 is 118 Å². The molecular weight excluding hydrogens is 824 g/mol. The molecule has 6 rings (SSSR count). The van der Waals surface area contributed by atoms with Crippen molar-refractivity contribution in [1.29, 1.82) is 0 Å². The van der Waals surface area contributed by atoms with Crippen molar-refractivity contribution in [3.63, 3.8) is 0 Å². The zero-order valence-corrected chi connectivity index (χ0v) is 33.6. The third-order valence-corrected chi connectivity index (χ3v) is 13.2. The van der Waals surface area contributed by atoms with Gasteiger partial charge >= 0.3 is 19.1 Å². The number of hydrogen-bond donors (Lipinski definition) is 12. The van der Waals surface area contributed by atoms with Crippen LogP contribution in [0.4, 0.5) is 5.82 Å². The molecule has 28 heteroatoms. The van der Waals surface area contributed by atoms with Crippen molar-refractivity contribution in [3.05, 3.63) is 22.7 Å². The van der Waals surface area contributed by atoms with Gasteiger partial charge in [0.15, 0.2) is 6.35 Å². The van der Waals surface area contributed by atoms with Gasteiger partial charge < -0.3 is 74.8 Å². The predicted molar refractivity (Wildman–Crippen MR) is 201 cm³/mol. The van der Waals surface area contributed by atoms with Gasteiger partial charge in [-0.1, -0.05) is 6.92 Å². The number of nitrogen functional groups attached to an aromatic ring is 1. The molecule has 16 atom stereocenters. The molecule has 1 amide bonds. The SMILES string of the molecule is C[C@@H]1C[C@H](n2ccc(N)nc2=O)O[C@@H]1COP(O)(=S)O[C@@H]1C[C@H](N2CC[C@H](N)NC2O)O[C@@H]1COP(O)(=S)O[C@@H]1C[C@@H](NC2NC(N)NC(=O)C2N)O[C@@H]1CO. The molecule has 6 unspecified atom stereocenters. The Labute approximate surface area is 331 Å². The molecule has 16 N–H and O–H groups in total. The second-order valence-corrected chi connectivity index (χ2v) is 19.7. The molecule has 1 aromatic heterocycles. The molecule has 5 aliphatic heterocycles. The van der Waals surface area contributed by atoms with Crippen molar-refractivity contribution < 1.29 is 57.1 Å². The van der Waals surface area contributed by atoms with E-state index in [0.29, 0.717) is 19.4 Å². The van der Waals surface area contributed by atoms with Crippen LogP contribution >= 0.6 is 13.4 Å². The Kier molecular flexibility index (Phi) is 14.7. The molecule has 0 aliphatic carbocycles. The molecule has 5 aliphatic rings. The van der Waals surface area contributed by atoms with E-state index >= 15 is 0 Å². The fourth-order valence-corrected chi connectivity index (χ4v) is 10.0. The van der Waals surface area contributed by atoms with Crippen LogP contribution in [-0.4, -0.2) is 141 Å². The van der Waals surface area contributed by atoms with Gasteiger partial charge in [0, 0.05) is 25.6 Å². The number of carbonyl (C=O) groups excluding carboxylic acids is 1. The Morgan fingerprint density at radius 3 is 2.30 bits per heavy atom. The van der Waals surface area contributed by atoms with Crippen molar-refractivity contribution in [2.24, 2.45) is 23.1 Å². The molecule has 5 fully saturated rings. The van der Waals surface area contributed by atoms with Crippen molar-refractivity contribution in [2.75, 3.05) is 32.1 Å². The standard InChI is InChI=1S/C28H51N11O13P2S2/c1-12-6-21(38-4-2-18(29)33-27(38)42)49-16(12)10-46-53(44,55)52-14-8-22(39-5-3-19(30)34-28(39)43)50-17(14)11-47-54(45,56)51-13-7-20(48-15(13)9-40)35-24-23(31)25(41)37-26(32)36-24/h2,4,12-17,19-24,26,28,34-36,40,43H,3,5-11,30-32H2,1H3,(H,37,41)(H,44,55)(H,45,56)(H2,29,33,42)/t12-,13-,14-,15-,16-,17-,19-,20+,21-,22-,23?,24?,26?,28?,53?,54?/m1/s1. The lowest BCUT2D eigenvalue weighted by Gasteiger charge is -2.39. The Morgan fingerprint density at radius 1 is 0.982 bits per heavy atom. The van der Waals surface area contributed by atoms with Crippen molar-refractivity contribution in [1.82, 2.24) is 35.7 Å². The van der Waals surface area contributed by atoms with E-state index in [0.717, 1.165) is 0 Å². The average molecular weight is 876 g/mol. The van der Waals surface area contributed by atoms with Crippen LogP contribution in [0.2, 0.25) is 0 Å². The third kappa shape index (κ3) is 11.1. The van der Waals surface area contributed by atoms with Gasteiger partial charge in [-0.05, 0) is 48.4 Å². The quantitative estimate of drug-likeness (QED) is 0.0736. The minimum absolute atomic E-state index is 0.0769. The summed E-state index contributed by atoms with van der Waals surface area (Å²) < 4.78 is 42.6. The second kappa shape index (κ2) is 18.6. The molecule has 0 bridgehead atoms. The number of aliphatic hydroxyl groups excluding tert-OH is 2. The Balaban J connectivity index is 1.07. The maximum Gasteiger partial charge on any atom is 0.351 e. The first-order chi connectivity index (χ1) is 26.4. The van der Waals surface area contributed by atoms with Gasteiger partial charge in [0.2, 0.25) is 5.91 Å². The van der Waals surface area contributed by atoms with Gasteiger partial charge in [0.25, 0.3) is 0 Å². The number of nitrogens with one attached hydrogen (secondary N) is 4.